The highest BCUT2D eigenvalue weighted by molar-refractivity contribution is 5.96. The highest BCUT2D eigenvalue weighted by Crippen LogP contribution is 2.15. The van der Waals surface area contributed by atoms with Gasteiger partial charge in [-0.2, -0.15) is 5.26 Å². The summed E-state index contributed by atoms with van der Waals surface area (Å²) < 4.78 is 13.3. The molecule has 5 heteroatoms. The van der Waals surface area contributed by atoms with Crippen molar-refractivity contribution in [3.8, 4) is 17.9 Å². The number of halogens is 1. The van der Waals surface area contributed by atoms with Gasteiger partial charge in [0.05, 0.1) is 24.6 Å². The number of benzene rings is 1. The molecule has 1 aromatic rings. The van der Waals surface area contributed by atoms with E-state index in [4.69, 9.17) is 11.0 Å². The van der Waals surface area contributed by atoms with Crippen LogP contribution in [0.25, 0.3) is 0 Å². The molecule has 0 saturated heterocycles. The summed E-state index contributed by atoms with van der Waals surface area (Å²) >= 11 is 0. The summed E-state index contributed by atoms with van der Waals surface area (Å²) in [4.78, 5) is 13.8. The van der Waals surface area contributed by atoms with Crippen molar-refractivity contribution in [3.63, 3.8) is 0 Å². The predicted octanol–water partition coefficient (Wildman–Crippen LogP) is 1.51. The van der Waals surface area contributed by atoms with Crippen LogP contribution in [0.5, 0.6) is 0 Å². The molecule has 1 atom stereocenters. The number of hydrogen-bond donors (Lipinski definition) is 1. The number of nitriles is 1. The van der Waals surface area contributed by atoms with Crippen molar-refractivity contribution in [2.45, 2.75) is 19.4 Å². The van der Waals surface area contributed by atoms with E-state index in [1.54, 1.807) is 14.0 Å². The molecule has 0 aliphatic heterocycles. The second-order valence-corrected chi connectivity index (χ2v) is 4.32. The van der Waals surface area contributed by atoms with Crippen molar-refractivity contribution in [2.24, 2.45) is 5.73 Å². The number of carbonyl (C=O) groups excluding carboxylic acids is 1. The van der Waals surface area contributed by atoms with Crippen molar-refractivity contribution in [2.75, 3.05) is 13.6 Å². The van der Waals surface area contributed by atoms with Gasteiger partial charge < -0.3 is 10.6 Å². The summed E-state index contributed by atoms with van der Waals surface area (Å²) in [7, 11) is 1.58. The van der Waals surface area contributed by atoms with Gasteiger partial charge in [-0.15, -0.1) is 0 Å². The van der Waals surface area contributed by atoms with Crippen LogP contribution in [0.2, 0.25) is 0 Å². The van der Waals surface area contributed by atoms with Gasteiger partial charge in [-0.1, -0.05) is 11.8 Å². The van der Waals surface area contributed by atoms with E-state index in [2.05, 4.69) is 11.8 Å². The number of rotatable bonds is 3. The lowest BCUT2D eigenvalue weighted by molar-refractivity contribution is 0.0745. The fourth-order valence-corrected chi connectivity index (χ4v) is 1.61. The third kappa shape index (κ3) is 3.81. The van der Waals surface area contributed by atoms with Crippen LogP contribution in [0, 0.1) is 29.0 Å². The first-order chi connectivity index (χ1) is 9.51. The molecule has 0 bridgehead atoms. The summed E-state index contributed by atoms with van der Waals surface area (Å²) in [6, 6.07) is 5.59. The zero-order valence-corrected chi connectivity index (χ0v) is 11.5. The van der Waals surface area contributed by atoms with Crippen molar-refractivity contribution in [1.82, 2.24) is 4.90 Å². The summed E-state index contributed by atoms with van der Waals surface area (Å²) in [5.74, 6) is 4.52. The van der Waals surface area contributed by atoms with E-state index in [1.165, 1.54) is 17.0 Å². The molecular weight excluding hydrogens is 257 g/mol. The minimum absolute atomic E-state index is 0.158. The average Bonchev–Trinajstić information content (AvgIpc) is 2.44. The van der Waals surface area contributed by atoms with Crippen LogP contribution in [0.15, 0.2) is 18.2 Å². The maximum Gasteiger partial charge on any atom is 0.255 e. The van der Waals surface area contributed by atoms with E-state index in [9.17, 15) is 9.18 Å². The van der Waals surface area contributed by atoms with Gasteiger partial charge in [-0.3, -0.25) is 4.79 Å². The van der Waals surface area contributed by atoms with Gasteiger partial charge in [0.2, 0.25) is 0 Å². The lowest BCUT2D eigenvalue weighted by Gasteiger charge is -2.23. The Labute approximate surface area is 118 Å². The lowest BCUT2D eigenvalue weighted by atomic mass is 10.1. The molecule has 0 aliphatic carbocycles. The van der Waals surface area contributed by atoms with E-state index in [0.29, 0.717) is 5.56 Å². The number of hydrogen-bond acceptors (Lipinski definition) is 3. The fourth-order valence-electron chi connectivity index (χ4n) is 1.61. The smallest absolute Gasteiger partial charge is 0.255 e. The first-order valence-corrected chi connectivity index (χ1v) is 6.13. The summed E-state index contributed by atoms with van der Waals surface area (Å²) in [5.41, 5.74) is 5.91. The molecule has 2 N–H and O–H groups in total. The molecule has 0 saturated carbocycles. The van der Waals surface area contributed by atoms with Crippen molar-refractivity contribution in [1.29, 1.82) is 5.26 Å². The molecule has 0 heterocycles. The maximum absolute atomic E-state index is 13.3. The quantitative estimate of drug-likeness (QED) is 0.849. The molecule has 104 valence electrons. The highest BCUT2D eigenvalue weighted by Gasteiger charge is 2.20. The second-order valence-electron chi connectivity index (χ2n) is 4.32. The van der Waals surface area contributed by atoms with Crippen LogP contribution in [0.4, 0.5) is 4.39 Å². The minimum atomic E-state index is -0.506. The van der Waals surface area contributed by atoms with Gasteiger partial charge in [0.25, 0.3) is 5.91 Å². The molecular formula is C15H16FN3O. The first kappa shape index (κ1) is 15.7. The highest BCUT2D eigenvalue weighted by atomic mass is 19.1. The molecule has 1 rings (SSSR count). The molecule has 1 amide bonds. The van der Waals surface area contributed by atoms with E-state index in [1.807, 2.05) is 6.07 Å². The Hall–Kier alpha value is -2.37. The Bertz CT molecular complexity index is 595. The molecule has 0 radical (unpaired) electrons. The van der Waals surface area contributed by atoms with Crippen LogP contribution in [-0.2, 0) is 0 Å². The van der Waals surface area contributed by atoms with Crippen LogP contribution < -0.4 is 5.73 Å². The molecule has 1 aromatic carbocycles. The normalized spacial score (nSPS) is 10.9. The summed E-state index contributed by atoms with van der Waals surface area (Å²) in [5, 5.41) is 8.67. The third-order valence-electron chi connectivity index (χ3n) is 2.91. The number of nitrogens with two attached hydrogens (primary N) is 1. The van der Waals surface area contributed by atoms with Gasteiger partial charge >= 0.3 is 0 Å². The Morgan fingerprint density at radius 2 is 2.25 bits per heavy atom. The zero-order chi connectivity index (χ0) is 15.1. The van der Waals surface area contributed by atoms with Crippen molar-refractivity contribution in [3.05, 3.63) is 35.1 Å². The van der Waals surface area contributed by atoms with E-state index in [-0.39, 0.29) is 30.5 Å². The number of amides is 1. The molecule has 20 heavy (non-hydrogen) atoms. The summed E-state index contributed by atoms with van der Waals surface area (Å²) in [6.07, 6.45) is 0.210. The van der Waals surface area contributed by atoms with E-state index in [0.717, 1.165) is 6.07 Å². The molecule has 1 unspecified atom stereocenters. The largest absolute Gasteiger partial charge is 0.338 e. The van der Waals surface area contributed by atoms with Crippen LogP contribution in [-0.4, -0.2) is 30.4 Å². The predicted molar refractivity (Wildman–Crippen MR) is 74.1 cm³/mol. The third-order valence-corrected chi connectivity index (χ3v) is 2.91. The van der Waals surface area contributed by atoms with Crippen LogP contribution in [0.1, 0.15) is 29.3 Å². The fraction of sp³-hybridized carbons (Fsp3) is 0.333. The van der Waals surface area contributed by atoms with Gasteiger partial charge in [0, 0.05) is 18.7 Å². The van der Waals surface area contributed by atoms with Crippen molar-refractivity contribution >= 4 is 5.91 Å². The number of carbonyl (C=O) groups is 1. The SMILES string of the molecule is CC(CC#N)N(C)C(=O)c1cc(F)ccc1C#CCN. The lowest BCUT2D eigenvalue weighted by Crippen LogP contribution is -2.35. The maximum atomic E-state index is 13.3. The Balaban J connectivity index is 3.14. The Morgan fingerprint density at radius 1 is 1.55 bits per heavy atom. The van der Waals surface area contributed by atoms with E-state index < -0.39 is 5.82 Å². The standard InChI is InChI=1S/C15H16FN3O/c1-11(7-9-18)19(2)15(20)14-10-13(16)6-5-12(14)4-3-8-17/h5-6,10-11H,7-8,17H2,1-2H3. The van der Waals surface area contributed by atoms with Crippen molar-refractivity contribution < 1.29 is 9.18 Å². The monoisotopic (exact) mass is 273 g/mol. The zero-order valence-electron chi connectivity index (χ0n) is 11.5. The van der Waals surface area contributed by atoms with E-state index >= 15 is 0 Å². The molecule has 0 aromatic heterocycles. The average molecular weight is 273 g/mol. The molecule has 0 aliphatic rings. The summed E-state index contributed by atoms with van der Waals surface area (Å²) in [6.45, 7) is 1.91. The first-order valence-electron chi connectivity index (χ1n) is 6.13. The number of nitrogens with zero attached hydrogens (tertiary/aromatic N) is 2. The topological polar surface area (TPSA) is 70.1 Å². The molecule has 0 fully saturated rings. The minimum Gasteiger partial charge on any atom is -0.338 e. The van der Waals surface area contributed by atoms with Crippen LogP contribution >= 0.6 is 0 Å². The van der Waals surface area contributed by atoms with Gasteiger partial charge in [0.1, 0.15) is 5.82 Å². The Morgan fingerprint density at radius 3 is 2.85 bits per heavy atom. The van der Waals surface area contributed by atoms with Gasteiger partial charge in [0.15, 0.2) is 0 Å². The second kappa shape index (κ2) is 7.28. The van der Waals surface area contributed by atoms with Gasteiger partial charge in [-0.05, 0) is 25.1 Å². The molecule has 4 nitrogen and oxygen atoms in total. The van der Waals surface area contributed by atoms with Gasteiger partial charge in [-0.25, -0.2) is 4.39 Å². The molecule has 0 spiro atoms. The van der Waals surface area contributed by atoms with Crippen LogP contribution in [0.3, 0.4) is 0 Å². The Kier molecular flexibility index (Phi) is 5.71.